The summed E-state index contributed by atoms with van der Waals surface area (Å²) in [5.74, 6) is 0.804. The number of nitrogens with zero attached hydrogens (tertiary/aromatic N) is 3. The van der Waals surface area contributed by atoms with E-state index in [1.807, 2.05) is 12.1 Å². The average Bonchev–Trinajstić information content (AvgIpc) is 3.87. The van der Waals surface area contributed by atoms with E-state index in [0.29, 0.717) is 11.3 Å². The monoisotopic (exact) mass is 910 g/mol. The van der Waals surface area contributed by atoms with E-state index in [4.69, 9.17) is 17.6 Å². The van der Waals surface area contributed by atoms with Crippen molar-refractivity contribution < 1.29 is 32.7 Å². The van der Waals surface area contributed by atoms with E-state index >= 15 is 0 Å². The Morgan fingerprint density at radius 2 is 1.43 bits per heavy atom. The van der Waals surface area contributed by atoms with Crippen molar-refractivity contribution >= 4 is 27.6 Å². The Balaban J connectivity index is 0.000000233. The Labute approximate surface area is 351 Å². The summed E-state index contributed by atoms with van der Waals surface area (Å²) < 4.78 is 52.0. The van der Waals surface area contributed by atoms with Gasteiger partial charge in [0.15, 0.2) is 0 Å². The number of hydrogen-bond donors (Lipinski definition) is 0. The molecular weight excluding hydrogens is 863 g/mol. The summed E-state index contributed by atoms with van der Waals surface area (Å²) in [4.78, 5) is 9.30. The summed E-state index contributed by atoms with van der Waals surface area (Å²) in [5.41, 5.74) is 14.4. The fourth-order valence-corrected chi connectivity index (χ4v) is 6.81. The van der Waals surface area contributed by atoms with E-state index in [-0.39, 0.29) is 31.2 Å². The smallest absolute Gasteiger partial charge is 0.0774 e. The SMILES string of the molecule is C/C=C(/C)c1ccc2o[c-]c(-c3nc4ccccc4n3-c3c(-c4ccccc4)cc(C)cc3-c3ccccc3)c2c1.[2H]C([2H])([2H])c1c[c-]c(-c2ccc(C([2H])([2H])[2H])cn2)cc1.[Ir]. The van der Waals surface area contributed by atoms with E-state index in [1.54, 1.807) is 12.1 Å². The molecule has 5 heteroatoms. The van der Waals surface area contributed by atoms with Crippen molar-refractivity contribution in [1.82, 2.24) is 14.5 Å². The molecule has 0 spiro atoms. The zero-order chi connectivity index (χ0) is 42.9. The maximum atomic E-state index is 7.28. The van der Waals surface area contributed by atoms with Crippen LogP contribution in [0.15, 0.2) is 162 Å². The van der Waals surface area contributed by atoms with Gasteiger partial charge in [-0.15, -0.1) is 35.4 Å². The Morgan fingerprint density at radius 3 is 2.05 bits per heavy atom. The Kier molecular flexibility index (Phi) is 9.28. The van der Waals surface area contributed by atoms with Gasteiger partial charge in [-0.25, -0.2) is 0 Å². The first-order chi connectivity index (χ1) is 29.3. The average molecular weight is 910 g/mol. The largest absolute Gasteiger partial charge is 0.557 e. The number of fused-ring (bicyclic) bond motifs is 2. The van der Waals surface area contributed by atoms with Gasteiger partial charge in [0.2, 0.25) is 0 Å². The van der Waals surface area contributed by atoms with E-state index in [0.717, 1.165) is 66.9 Å². The molecule has 277 valence electrons. The molecular formula is C51H41IrN3O-2. The molecule has 0 bridgehead atoms. The Bertz CT molecular complexity index is 2890. The molecule has 0 saturated carbocycles. The number of pyridine rings is 1. The summed E-state index contributed by atoms with van der Waals surface area (Å²) in [6.45, 7) is 2.02. The molecule has 0 aliphatic heterocycles. The summed E-state index contributed by atoms with van der Waals surface area (Å²) >= 11 is 0. The molecule has 3 heterocycles. The van der Waals surface area contributed by atoms with Gasteiger partial charge in [0.05, 0.1) is 22.5 Å². The predicted octanol–water partition coefficient (Wildman–Crippen LogP) is 13.5. The molecule has 4 nitrogen and oxygen atoms in total. The molecule has 0 aliphatic carbocycles. The van der Waals surface area contributed by atoms with Crippen molar-refractivity contribution in [1.29, 1.82) is 0 Å². The van der Waals surface area contributed by atoms with Gasteiger partial charge in [-0.3, -0.25) is 4.98 Å². The minimum Gasteiger partial charge on any atom is -0.557 e. The zero-order valence-corrected chi connectivity index (χ0v) is 33.5. The second-order valence-electron chi connectivity index (χ2n) is 13.4. The van der Waals surface area contributed by atoms with Gasteiger partial charge < -0.3 is 14.0 Å². The van der Waals surface area contributed by atoms with Crippen LogP contribution in [0.4, 0.5) is 0 Å². The van der Waals surface area contributed by atoms with E-state index in [9.17, 15) is 0 Å². The van der Waals surface area contributed by atoms with Crippen molar-refractivity contribution in [2.75, 3.05) is 0 Å². The quantitative estimate of drug-likeness (QED) is 0.156. The molecule has 3 aromatic heterocycles. The molecule has 0 amide bonds. The molecule has 56 heavy (non-hydrogen) atoms. The van der Waals surface area contributed by atoms with Gasteiger partial charge in [0.25, 0.3) is 0 Å². The summed E-state index contributed by atoms with van der Waals surface area (Å²) in [6, 6.07) is 50.9. The van der Waals surface area contributed by atoms with Crippen molar-refractivity contribution in [3.8, 4) is 50.6 Å². The maximum Gasteiger partial charge on any atom is 0.0774 e. The number of aryl methyl sites for hydroxylation is 3. The summed E-state index contributed by atoms with van der Waals surface area (Å²) in [5, 5.41) is 0.995. The topological polar surface area (TPSA) is 43.9 Å². The van der Waals surface area contributed by atoms with Gasteiger partial charge in [-0.2, -0.15) is 0 Å². The fourth-order valence-electron chi connectivity index (χ4n) is 6.81. The molecule has 0 saturated heterocycles. The van der Waals surface area contributed by atoms with Crippen LogP contribution < -0.4 is 0 Å². The molecule has 9 rings (SSSR count). The second kappa shape index (κ2) is 16.7. The van der Waals surface area contributed by atoms with Crippen LogP contribution >= 0.6 is 0 Å². The second-order valence-corrected chi connectivity index (χ2v) is 13.4. The number of benzene rings is 6. The van der Waals surface area contributed by atoms with Crippen LogP contribution in [-0.4, -0.2) is 14.5 Å². The minimum atomic E-state index is -2.18. The van der Waals surface area contributed by atoms with Gasteiger partial charge in [0, 0.05) is 57.5 Å². The van der Waals surface area contributed by atoms with Gasteiger partial charge in [-0.05, 0) is 91.0 Å². The summed E-state index contributed by atoms with van der Waals surface area (Å²) in [6.07, 6.45) is 6.67. The third-order valence-electron chi connectivity index (χ3n) is 9.68. The normalized spacial score (nSPS) is 13.3. The maximum absolute atomic E-state index is 7.28. The van der Waals surface area contributed by atoms with Gasteiger partial charge >= 0.3 is 0 Å². The van der Waals surface area contributed by atoms with Crippen LogP contribution in [0, 0.1) is 33.0 Å². The number of aromatic nitrogens is 3. The number of imidazole rings is 1. The molecule has 6 aromatic carbocycles. The van der Waals surface area contributed by atoms with Crippen LogP contribution in [-0.2, 0) is 20.1 Å². The van der Waals surface area contributed by atoms with Crippen molar-refractivity contribution in [3.05, 3.63) is 192 Å². The number of furan rings is 1. The molecule has 0 N–H and O–H groups in total. The molecule has 0 fully saturated rings. The molecule has 0 aliphatic rings. The Hall–Kier alpha value is -6.13. The van der Waals surface area contributed by atoms with Gasteiger partial charge in [0.1, 0.15) is 0 Å². The number of para-hydroxylation sites is 2. The number of rotatable bonds is 6. The van der Waals surface area contributed by atoms with Crippen LogP contribution in [0.25, 0.3) is 78.2 Å². The molecule has 9 aromatic rings. The van der Waals surface area contributed by atoms with Crippen molar-refractivity contribution in [2.45, 2.75) is 34.5 Å². The van der Waals surface area contributed by atoms with E-state index in [1.165, 1.54) is 35.5 Å². The van der Waals surface area contributed by atoms with Crippen molar-refractivity contribution in [3.63, 3.8) is 0 Å². The van der Waals surface area contributed by atoms with Gasteiger partial charge in [-0.1, -0.05) is 127 Å². The van der Waals surface area contributed by atoms with E-state index in [2.05, 4.69) is 152 Å². The van der Waals surface area contributed by atoms with Crippen LogP contribution in [0.2, 0.25) is 0 Å². The fraction of sp³-hybridized carbons (Fsp3) is 0.0980. The predicted molar refractivity (Wildman–Crippen MR) is 228 cm³/mol. The van der Waals surface area contributed by atoms with Crippen molar-refractivity contribution in [2.24, 2.45) is 0 Å². The van der Waals surface area contributed by atoms with Crippen LogP contribution in [0.1, 0.15) is 44.3 Å². The molecule has 1 radical (unpaired) electrons. The first-order valence-electron chi connectivity index (χ1n) is 21.1. The zero-order valence-electron chi connectivity index (χ0n) is 37.1. The number of hydrogen-bond acceptors (Lipinski definition) is 3. The third kappa shape index (κ3) is 7.70. The Morgan fingerprint density at radius 1 is 0.750 bits per heavy atom. The first kappa shape index (κ1) is 31.1. The summed E-state index contributed by atoms with van der Waals surface area (Å²) in [7, 11) is 0. The molecule has 0 unspecified atom stereocenters. The minimum absolute atomic E-state index is 0. The van der Waals surface area contributed by atoms with Crippen LogP contribution in [0.3, 0.4) is 0 Å². The first-order valence-corrected chi connectivity index (χ1v) is 18.1. The van der Waals surface area contributed by atoms with Crippen LogP contribution in [0.5, 0.6) is 0 Å². The molecule has 0 atom stereocenters. The standard InChI is InChI=1S/C38H29N2O.C13H12N.Ir/c1-4-26(3)29-19-20-36-32(23-29)33(24-41-36)38-39-34-17-11-12-18-35(34)40(38)37-30(27-13-7-5-8-14-27)21-25(2)22-31(37)28-15-9-6-10-16-28;1-10-3-6-12(7-4-10)13-8-5-11(2)9-14-13;/h4-23H,1-3H3;3-6,8-9H,1-2H3;/q2*-1;/b26-4-;;/i;1D3,2D3;. The number of allylic oxidation sites excluding steroid dienone is 2. The van der Waals surface area contributed by atoms with E-state index < -0.39 is 13.7 Å². The third-order valence-corrected chi connectivity index (χ3v) is 9.68.